The number of rotatable bonds is 6. The molecule has 100 valence electrons. The predicted octanol–water partition coefficient (Wildman–Crippen LogP) is 2.55. The number of halogens is 1. The van der Waals surface area contributed by atoms with Gasteiger partial charge in [0.25, 0.3) is 5.89 Å². The zero-order chi connectivity index (χ0) is 13.1. The summed E-state index contributed by atoms with van der Waals surface area (Å²) in [6, 6.07) is 7.77. The Bertz CT molecular complexity index is 537. The average molecular weight is 280 g/mol. The lowest BCUT2D eigenvalue weighted by Gasteiger charge is -2.02. The van der Waals surface area contributed by atoms with Gasteiger partial charge in [-0.2, -0.15) is 0 Å². The second kappa shape index (κ2) is 5.59. The van der Waals surface area contributed by atoms with Crippen LogP contribution in [-0.2, 0) is 13.2 Å². The lowest BCUT2D eigenvalue weighted by Crippen LogP contribution is -2.15. The van der Waals surface area contributed by atoms with Gasteiger partial charge in [0, 0.05) is 11.1 Å². The van der Waals surface area contributed by atoms with Gasteiger partial charge in [-0.15, -0.1) is 10.2 Å². The van der Waals surface area contributed by atoms with Crippen LogP contribution in [0.15, 0.2) is 28.7 Å². The molecule has 19 heavy (non-hydrogen) atoms. The summed E-state index contributed by atoms with van der Waals surface area (Å²) in [5, 5.41) is 11.9. The van der Waals surface area contributed by atoms with Crippen molar-refractivity contribution in [3.05, 3.63) is 41.1 Å². The van der Waals surface area contributed by atoms with Crippen molar-refractivity contribution in [3.63, 3.8) is 0 Å². The molecule has 6 heteroatoms. The first-order valence-electron chi connectivity index (χ1n) is 6.22. The van der Waals surface area contributed by atoms with Crippen LogP contribution in [0.3, 0.4) is 0 Å². The van der Waals surface area contributed by atoms with Gasteiger partial charge in [-0.3, -0.25) is 0 Å². The van der Waals surface area contributed by atoms with Crippen LogP contribution < -0.4 is 10.1 Å². The molecule has 1 aromatic heterocycles. The first-order chi connectivity index (χ1) is 9.29. The molecule has 1 aliphatic carbocycles. The molecule has 0 radical (unpaired) electrons. The van der Waals surface area contributed by atoms with Gasteiger partial charge in [-0.1, -0.05) is 11.6 Å². The van der Waals surface area contributed by atoms with E-state index in [1.54, 1.807) is 24.3 Å². The maximum atomic E-state index is 5.79. The molecular formula is C13H14ClN3O2. The molecule has 0 atom stereocenters. The molecule has 1 aromatic carbocycles. The van der Waals surface area contributed by atoms with E-state index in [0.29, 0.717) is 29.4 Å². The molecule has 0 aliphatic heterocycles. The Kier molecular flexibility index (Phi) is 3.66. The van der Waals surface area contributed by atoms with Crippen molar-refractivity contribution in [2.75, 3.05) is 0 Å². The molecule has 1 heterocycles. The van der Waals surface area contributed by atoms with Gasteiger partial charge in [0.1, 0.15) is 5.75 Å². The number of aromatic nitrogens is 2. The van der Waals surface area contributed by atoms with Crippen molar-refractivity contribution < 1.29 is 9.15 Å². The van der Waals surface area contributed by atoms with Gasteiger partial charge >= 0.3 is 0 Å². The van der Waals surface area contributed by atoms with Crippen molar-refractivity contribution in [2.45, 2.75) is 32.0 Å². The van der Waals surface area contributed by atoms with E-state index < -0.39 is 0 Å². The molecule has 2 aromatic rings. The monoisotopic (exact) mass is 279 g/mol. The van der Waals surface area contributed by atoms with Crippen LogP contribution in [0.2, 0.25) is 5.02 Å². The Balaban J connectivity index is 1.50. The van der Waals surface area contributed by atoms with Crippen molar-refractivity contribution in [1.82, 2.24) is 15.5 Å². The number of nitrogens with zero attached hydrogens (tertiary/aromatic N) is 2. The SMILES string of the molecule is Clc1ccc(OCc2nnc(CNC3CC3)o2)cc1. The summed E-state index contributed by atoms with van der Waals surface area (Å²) in [7, 11) is 0. The minimum atomic E-state index is 0.262. The van der Waals surface area contributed by atoms with Crippen LogP contribution in [0, 0.1) is 0 Å². The number of benzene rings is 1. The topological polar surface area (TPSA) is 60.2 Å². The van der Waals surface area contributed by atoms with Gasteiger partial charge in [0.2, 0.25) is 5.89 Å². The zero-order valence-electron chi connectivity index (χ0n) is 10.3. The van der Waals surface area contributed by atoms with Gasteiger partial charge in [-0.25, -0.2) is 0 Å². The summed E-state index contributed by atoms with van der Waals surface area (Å²) < 4.78 is 11.0. The lowest BCUT2D eigenvalue weighted by molar-refractivity contribution is 0.258. The fourth-order valence-electron chi connectivity index (χ4n) is 1.61. The molecule has 3 rings (SSSR count). The highest BCUT2D eigenvalue weighted by molar-refractivity contribution is 6.30. The number of hydrogen-bond acceptors (Lipinski definition) is 5. The summed E-state index contributed by atoms with van der Waals surface area (Å²) in [5.41, 5.74) is 0. The third-order valence-electron chi connectivity index (χ3n) is 2.80. The van der Waals surface area contributed by atoms with Crippen molar-refractivity contribution in [3.8, 4) is 5.75 Å². The Morgan fingerprint density at radius 3 is 2.68 bits per heavy atom. The first kappa shape index (κ1) is 12.4. The first-order valence-corrected chi connectivity index (χ1v) is 6.60. The average Bonchev–Trinajstić information content (AvgIpc) is 3.15. The molecular weight excluding hydrogens is 266 g/mol. The maximum absolute atomic E-state index is 5.79. The molecule has 0 spiro atoms. The number of nitrogens with one attached hydrogen (secondary N) is 1. The standard InChI is InChI=1S/C13H14ClN3O2/c14-9-1-5-11(6-2-9)18-8-13-17-16-12(19-13)7-15-10-3-4-10/h1-2,5-6,10,15H,3-4,7-8H2. The van der Waals surface area contributed by atoms with Crippen LogP contribution in [0.5, 0.6) is 5.75 Å². The van der Waals surface area contributed by atoms with Crippen molar-refractivity contribution in [1.29, 1.82) is 0 Å². The molecule has 1 N–H and O–H groups in total. The molecule has 0 amide bonds. The van der Waals surface area contributed by atoms with Gasteiger partial charge in [-0.05, 0) is 37.1 Å². The van der Waals surface area contributed by atoms with E-state index in [0.717, 1.165) is 5.75 Å². The van der Waals surface area contributed by atoms with Crippen LogP contribution >= 0.6 is 11.6 Å². The van der Waals surface area contributed by atoms with E-state index in [-0.39, 0.29) is 6.61 Å². The quantitative estimate of drug-likeness (QED) is 0.880. The van der Waals surface area contributed by atoms with E-state index in [2.05, 4.69) is 15.5 Å². The molecule has 1 aliphatic rings. The fourth-order valence-corrected chi connectivity index (χ4v) is 1.74. The van der Waals surface area contributed by atoms with E-state index in [1.807, 2.05) is 0 Å². The minimum Gasteiger partial charge on any atom is -0.484 e. The van der Waals surface area contributed by atoms with E-state index in [4.69, 9.17) is 20.8 Å². The summed E-state index contributed by atoms with van der Waals surface area (Å²) >= 11 is 5.79. The summed E-state index contributed by atoms with van der Waals surface area (Å²) in [6.07, 6.45) is 2.47. The molecule has 0 unspecified atom stereocenters. The Morgan fingerprint density at radius 1 is 1.21 bits per heavy atom. The van der Waals surface area contributed by atoms with E-state index in [1.165, 1.54) is 12.8 Å². The molecule has 1 saturated carbocycles. The smallest absolute Gasteiger partial charge is 0.253 e. The summed E-state index contributed by atoms with van der Waals surface area (Å²) in [6.45, 7) is 0.886. The largest absolute Gasteiger partial charge is 0.484 e. The van der Waals surface area contributed by atoms with Crippen molar-refractivity contribution >= 4 is 11.6 Å². The van der Waals surface area contributed by atoms with Crippen LogP contribution in [0.4, 0.5) is 0 Å². The fraction of sp³-hybridized carbons (Fsp3) is 0.385. The summed E-state index contributed by atoms with van der Waals surface area (Å²) in [5.74, 6) is 1.80. The highest BCUT2D eigenvalue weighted by Crippen LogP contribution is 2.19. The van der Waals surface area contributed by atoms with Gasteiger partial charge < -0.3 is 14.5 Å². The van der Waals surface area contributed by atoms with Gasteiger partial charge in [0.15, 0.2) is 6.61 Å². The Hall–Kier alpha value is -1.59. The molecule has 5 nitrogen and oxygen atoms in total. The highest BCUT2D eigenvalue weighted by Gasteiger charge is 2.21. The number of ether oxygens (including phenoxy) is 1. The number of hydrogen-bond donors (Lipinski definition) is 1. The highest BCUT2D eigenvalue weighted by atomic mass is 35.5. The second-order valence-corrected chi connectivity index (χ2v) is 4.92. The third kappa shape index (κ3) is 3.68. The molecule has 0 saturated heterocycles. The minimum absolute atomic E-state index is 0.262. The van der Waals surface area contributed by atoms with Gasteiger partial charge in [0.05, 0.1) is 6.54 Å². The molecule has 1 fully saturated rings. The molecule has 0 bridgehead atoms. The van der Waals surface area contributed by atoms with Crippen LogP contribution in [0.1, 0.15) is 24.6 Å². The van der Waals surface area contributed by atoms with E-state index in [9.17, 15) is 0 Å². The third-order valence-corrected chi connectivity index (χ3v) is 3.06. The predicted molar refractivity (Wildman–Crippen MR) is 69.9 cm³/mol. The normalized spacial score (nSPS) is 14.6. The second-order valence-electron chi connectivity index (χ2n) is 4.49. The Morgan fingerprint density at radius 2 is 1.95 bits per heavy atom. The summed E-state index contributed by atoms with van der Waals surface area (Å²) in [4.78, 5) is 0. The van der Waals surface area contributed by atoms with E-state index >= 15 is 0 Å². The van der Waals surface area contributed by atoms with Crippen LogP contribution in [0.25, 0.3) is 0 Å². The van der Waals surface area contributed by atoms with Crippen molar-refractivity contribution in [2.24, 2.45) is 0 Å². The van der Waals surface area contributed by atoms with Crippen LogP contribution in [-0.4, -0.2) is 16.2 Å². The lowest BCUT2D eigenvalue weighted by atomic mass is 10.3. The maximum Gasteiger partial charge on any atom is 0.253 e. The zero-order valence-corrected chi connectivity index (χ0v) is 11.1. The Labute approximate surface area is 115 Å².